The molecule has 0 saturated carbocycles. The van der Waals surface area contributed by atoms with Gasteiger partial charge < -0.3 is 10.2 Å². The number of hydrogen-bond donors (Lipinski definition) is 1. The van der Waals surface area contributed by atoms with Crippen LogP contribution in [0.2, 0.25) is 5.02 Å². The average molecular weight is 372 g/mol. The van der Waals surface area contributed by atoms with Crippen LogP contribution in [0.15, 0.2) is 48.8 Å². The summed E-state index contributed by atoms with van der Waals surface area (Å²) in [4.78, 5) is 30.9. The number of aromatic nitrogens is 1. The Morgan fingerprint density at radius 3 is 2.77 bits per heavy atom. The molecule has 1 saturated heterocycles. The summed E-state index contributed by atoms with van der Waals surface area (Å²) >= 11 is 5.86. The number of nitrogens with one attached hydrogen (secondary N) is 1. The molecule has 136 valence electrons. The van der Waals surface area contributed by atoms with Crippen molar-refractivity contribution < 1.29 is 9.59 Å². The minimum Gasteiger partial charge on any atom is -0.331 e. The lowest BCUT2D eigenvalue weighted by molar-refractivity contribution is -0.136. The summed E-state index contributed by atoms with van der Waals surface area (Å²) in [6.45, 7) is 0.643. The van der Waals surface area contributed by atoms with E-state index in [0.717, 1.165) is 24.8 Å². The van der Waals surface area contributed by atoms with Crippen molar-refractivity contribution in [2.45, 2.75) is 38.1 Å². The topological polar surface area (TPSA) is 62.3 Å². The second-order valence-electron chi connectivity index (χ2n) is 6.46. The monoisotopic (exact) mass is 371 g/mol. The zero-order valence-electron chi connectivity index (χ0n) is 14.5. The van der Waals surface area contributed by atoms with E-state index in [1.54, 1.807) is 35.4 Å². The molecule has 1 aromatic heterocycles. The Hall–Kier alpha value is -2.40. The predicted molar refractivity (Wildman–Crippen MR) is 102 cm³/mol. The maximum atomic E-state index is 12.6. The summed E-state index contributed by atoms with van der Waals surface area (Å²) in [6.07, 6.45) is 7.13. The lowest BCUT2D eigenvalue weighted by atomic mass is 10.1. The van der Waals surface area contributed by atoms with Crippen LogP contribution in [0, 0.1) is 0 Å². The standard InChI is InChI=1S/C20H22ClN3O2/c21-16-8-10-17(11-9-16)23-20(26)18-6-3-13-24(18)19(25)7-1-4-15-5-2-12-22-14-15/h2,5,8-12,14,18H,1,3-4,6-7,13H2,(H,23,26). The van der Waals surface area contributed by atoms with Gasteiger partial charge in [0, 0.05) is 36.1 Å². The molecule has 1 aliphatic heterocycles. The molecule has 26 heavy (non-hydrogen) atoms. The largest absolute Gasteiger partial charge is 0.331 e. The number of amides is 2. The molecule has 1 aliphatic rings. The van der Waals surface area contributed by atoms with Crippen LogP contribution in [-0.2, 0) is 16.0 Å². The number of benzene rings is 1. The number of carbonyl (C=O) groups is 2. The highest BCUT2D eigenvalue weighted by atomic mass is 35.5. The van der Waals surface area contributed by atoms with E-state index in [1.807, 2.05) is 18.3 Å². The molecule has 1 atom stereocenters. The van der Waals surface area contributed by atoms with E-state index >= 15 is 0 Å². The van der Waals surface area contributed by atoms with Crippen LogP contribution in [0.25, 0.3) is 0 Å². The number of carbonyl (C=O) groups excluding carboxylic acids is 2. The van der Waals surface area contributed by atoms with Gasteiger partial charge in [0.1, 0.15) is 6.04 Å². The molecule has 0 bridgehead atoms. The van der Waals surface area contributed by atoms with Gasteiger partial charge in [0.2, 0.25) is 11.8 Å². The van der Waals surface area contributed by atoms with Crippen LogP contribution in [0.3, 0.4) is 0 Å². The minimum absolute atomic E-state index is 0.0441. The van der Waals surface area contributed by atoms with Gasteiger partial charge >= 0.3 is 0 Å². The van der Waals surface area contributed by atoms with E-state index in [2.05, 4.69) is 10.3 Å². The van der Waals surface area contributed by atoms with Crippen LogP contribution in [0.5, 0.6) is 0 Å². The molecule has 1 fully saturated rings. The van der Waals surface area contributed by atoms with Gasteiger partial charge in [-0.1, -0.05) is 17.7 Å². The average Bonchev–Trinajstić information content (AvgIpc) is 3.14. The van der Waals surface area contributed by atoms with Crippen molar-refractivity contribution in [2.24, 2.45) is 0 Å². The highest BCUT2D eigenvalue weighted by Crippen LogP contribution is 2.21. The van der Waals surface area contributed by atoms with Crippen LogP contribution < -0.4 is 5.32 Å². The van der Waals surface area contributed by atoms with Gasteiger partial charge in [-0.2, -0.15) is 0 Å². The normalized spacial score (nSPS) is 16.5. The van der Waals surface area contributed by atoms with Gasteiger partial charge in [-0.15, -0.1) is 0 Å². The maximum Gasteiger partial charge on any atom is 0.247 e. The summed E-state index contributed by atoms with van der Waals surface area (Å²) < 4.78 is 0. The van der Waals surface area contributed by atoms with E-state index in [1.165, 1.54) is 0 Å². The highest BCUT2D eigenvalue weighted by Gasteiger charge is 2.33. The second-order valence-corrected chi connectivity index (χ2v) is 6.89. The van der Waals surface area contributed by atoms with E-state index < -0.39 is 6.04 Å². The first-order chi connectivity index (χ1) is 12.6. The molecule has 6 heteroatoms. The van der Waals surface area contributed by atoms with Crippen molar-refractivity contribution in [3.8, 4) is 0 Å². The SMILES string of the molecule is O=C(Nc1ccc(Cl)cc1)C1CCCN1C(=O)CCCc1cccnc1. The Morgan fingerprint density at radius 1 is 1.23 bits per heavy atom. The van der Waals surface area contributed by atoms with Crippen LogP contribution in [-0.4, -0.2) is 34.3 Å². The number of anilines is 1. The molecule has 0 radical (unpaired) electrons. The fourth-order valence-electron chi connectivity index (χ4n) is 3.23. The third-order valence-electron chi connectivity index (χ3n) is 4.57. The quantitative estimate of drug-likeness (QED) is 0.842. The smallest absolute Gasteiger partial charge is 0.247 e. The highest BCUT2D eigenvalue weighted by molar-refractivity contribution is 6.30. The summed E-state index contributed by atoms with van der Waals surface area (Å²) in [6, 6.07) is 10.5. The number of aryl methyl sites for hydroxylation is 1. The van der Waals surface area contributed by atoms with E-state index in [9.17, 15) is 9.59 Å². The number of hydrogen-bond acceptors (Lipinski definition) is 3. The number of halogens is 1. The lowest BCUT2D eigenvalue weighted by Gasteiger charge is -2.24. The molecule has 2 aromatic rings. The van der Waals surface area contributed by atoms with Gasteiger partial charge in [0.05, 0.1) is 0 Å². The van der Waals surface area contributed by atoms with Crippen LogP contribution in [0.4, 0.5) is 5.69 Å². The first-order valence-electron chi connectivity index (χ1n) is 8.88. The number of likely N-dealkylation sites (tertiary alicyclic amines) is 1. The fourth-order valence-corrected chi connectivity index (χ4v) is 3.36. The summed E-state index contributed by atoms with van der Waals surface area (Å²) in [5, 5.41) is 3.50. The molecule has 3 rings (SSSR count). The number of pyridine rings is 1. The molecule has 1 N–H and O–H groups in total. The van der Waals surface area contributed by atoms with Gasteiger partial charge in [0.15, 0.2) is 0 Å². The van der Waals surface area contributed by atoms with Crippen molar-refractivity contribution in [3.05, 3.63) is 59.4 Å². The zero-order chi connectivity index (χ0) is 18.4. The summed E-state index contributed by atoms with van der Waals surface area (Å²) in [5.74, 6) is -0.0897. The molecular formula is C20H22ClN3O2. The van der Waals surface area contributed by atoms with Crippen LogP contribution >= 0.6 is 11.6 Å². The van der Waals surface area contributed by atoms with Crippen molar-refractivity contribution in [3.63, 3.8) is 0 Å². The van der Waals surface area contributed by atoms with Crippen molar-refractivity contribution in [1.29, 1.82) is 0 Å². The van der Waals surface area contributed by atoms with Gasteiger partial charge in [-0.05, 0) is 61.6 Å². The van der Waals surface area contributed by atoms with Gasteiger partial charge in [-0.25, -0.2) is 0 Å². The van der Waals surface area contributed by atoms with Crippen LogP contribution in [0.1, 0.15) is 31.2 Å². The van der Waals surface area contributed by atoms with Crippen molar-refractivity contribution >= 4 is 29.1 Å². The fraction of sp³-hybridized carbons (Fsp3) is 0.350. The molecular weight excluding hydrogens is 350 g/mol. The van der Waals surface area contributed by atoms with Gasteiger partial charge in [0.25, 0.3) is 0 Å². The summed E-state index contributed by atoms with van der Waals surface area (Å²) in [5.41, 5.74) is 1.81. The van der Waals surface area contributed by atoms with Crippen molar-refractivity contribution in [1.82, 2.24) is 9.88 Å². The Bertz CT molecular complexity index is 749. The molecule has 2 heterocycles. The predicted octanol–water partition coefficient (Wildman–Crippen LogP) is 3.69. The van der Waals surface area contributed by atoms with E-state index in [-0.39, 0.29) is 11.8 Å². The number of nitrogens with zero attached hydrogens (tertiary/aromatic N) is 2. The van der Waals surface area contributed by atoms with E-state index in [4.69, 9.17) is 11.6 Å². The second kappa shape index (κ2) is 8.81. The maximum absolute atomic E-state index is 12.6. The Kier molecular flexibility index (Phi) is 6.23. The molecule has 5 nitrogen and oxygen atoms in total. The minimum atomic E-state index is -0.392. The lowest BCUT2D eigenvalue weighted by Crippen LogP contribution is -2.43. The number of rotatable bonds is 6. The van der Waals surface area contributed by atoms with Gasteiger partial charge in [-0.3, -0.25) is 14.6 Å². The Balaban J connectivity index is 1.52. The molecule has 2 amide bonds. The Labute approximate surface area is 158 Å². The van der Waals surface area contributed by atoms with Crippen molar-refractivity contribution in [2.75, 3.05) is 11.9 Å². The molecule has 0 spiro atoms. The first kappa shape index (κ1) is 18.4. The third kappa shape index (κ3) is 4.82. The molecule has 0 aliphatic carbocycles. The molecule has 1 aromatic carbocycles. The summed E-state index contributed by atoms with van der Waals surface area (Å²) in [7, 11) is 0. The third-order valence-corrected chi connectivity index (χ3v) is 4.82. The first-order valence-corrected chi connectivity index (χ1v) is 9.26. The van der Waals surface area contributed by atoms with E-state index in [0.29, 0.717) is 30.1 Å². The molecule has 1 unspecified atom stereocenters. The Morgan fingerprint density at radius 2 is 2.04 bits per heavy atom. The zero-order valence-corrected chi connectivity index (χ0v) is 15.3.